The van der Waals surface area contributed by atoms with E-state index in [0.29, 0.717) is 0 Å². The average molecular weight is 232 g/mol. The van der Waals surface area contributed by atoms with Gasteiger partial charge < -0.3 is 16.2 Å². The molecule has 8 heteroatoms. The van der Waals surface area contributed by atoms with Crippen LogP contribution in [0.1, 0.15) is 11.1 Å². The van der Waals surface area contributed by atoms with Gasteiger partial charge in [-0.1, -0.05) is 0 Å². The molecule has 0 atom stereocenters. The predicted octanol–water partition coefficient (Wildman–Crippen LogP) is 0.893. The Morgan fingerprint density at radius 2 is 2.12 bits per heavy atom. The van der Waals surface area contributed by atoms with Crippen molar-refractivity contribution in [2.75, 3.05) is 5.73 Å². The number of halogens is 3. The van der Waals surface area contributed by atoms with Gasteiger partial charge in [-0.2, -0.15) is 5.26 Å². The van der Waals surface area contributed by atoms with Crippen molar-refractivity contribution in [2.24, 2.45) is 5.73 Å². The van der Waals surface area contributed by atoms with Crippen molar-refractivity contribution >= 4 is 5.82 Å². The summed E-state index contributed by atoms with van der Waals surface area (Å²) in [4.78, 5) is 3.54. The minimum Gasteiger partial charge on any atom is -0.404 e. The van der Waals surface area contributed by atoms with Crippen LogP contribution in [0.2, 0.25) is 0 Å². The van der Waals surface area contributed by atoms with Gasteiger partial charge in [0.15, 0.2) is 5.75 Å². The number of nitrogens with two attached hydrogens (primary N) is 2. The van der Waals surface area contributed by atoms with E-state index in [2.05, 4.69) is 9.72 Å². The van der Waals surface area contributed by atoms with Crippen LogP contribution in [-0.4, -0.2) is 11.3 Å². The van der Waals surface area contributed by atoms with Crippen LogP contribution in [0.4, 0.5) is 19.0 Å². The lowest BCUT2D eigenvalue weighted by molar-refractivity contribution is -0.275. The smallest absolute Gasteiger partial charge is 0.404 e. The lowest BCUT2D eigenvalue weighted by Gasteiger charge is -2.14. The Bertz CT molecular complexity index is 438. The molecule has 0 aliphatic rings. The Hall–Kier alpha value is -2.01. The summed E-state index contributed by atoms with van der Waals surface area (Å²) in [5.74, 6) is -0.884. The van der Waals surface area contributed by atoms with Gasteiger partial charge in [0.05, 0.1) is 11.8 Å². The molecule has 0 spiro atoms. The van der Waals surface area contributed by atoms with E-state index in [1.54, 1.807) is 0 Å². The second-order valence-electron chi connectivity index (χ2n) is 2.73. The summed E-state index contributed by atoms with van der Waals surface area (Å²) < 4.78 is 39.9. The first-order valence-corrected chi connectivity index (χ1v) is 4.02. The van der Waals surface area contributed by atoms with E-state index in [1.807, 2.05) is 0 Å². The molecule has 0 radical (unpaired) electrons. The van der Waals surface area contributed by atoms with Gasteiger partial charge in [0.25, 0.3) is 0 Å². The number of rotatable bonds is 2. The quantitative estimate of drug-likeness (QED) is 0.789. The topological polar surface area (TPSA) is 98.0 Å². The Labute approximate surface area is 88.4 Å². The van der Waals surface area contributed by atoms with Gasteiger partial charge in [0, 0.05) is 6.54 Å². The SMILES string of the molecule is N#Cc1cnc(N)c(CN)c1OC(F)(F)F. The fourth-order valence-corrected chi connectivity index (χ4v) is 1.06. The molecule has 1 rings (SSSR count). The number of hydrogen-bond donors (Lipinski definition) is 2. The number of pyridine rings is 1. The molecule has 1 aromatic rings. The summed E-state index contributed by atoms with van der Waals surface area (Å²) in [5, 5.41) is 8.61. The Kier molecular flexibility index (Phi) is 3.20. The van der Waals surface area contributed by atoms with Crippen molar-refractivity contribution in [3.63, 3.8) is 0 Å². The van der Waals surface area contributed by atoms with E-state index >= 15 is 0 Å². The molecule has 0 bridgehead atoms. The summed E-state index contributed by atoms with van der Waals surface area (Å²) >= 11 is 0. The van der Waals surface area contributed by atoms with Crippen molar-refractivity contribution in [1.29, 1.82) is 5.26 Å². The maximum absolute atomic E-state index is 12.1. The van der Waals surface area contributed by atoms with Gasteiger partial charge in [0.2, 0.25) is 0 Å². The molecule has 0 unspecified atom stereocenters. The van der Waals surface area contributed by atoms with Crippen LogP contribution >= 0.6 is 0 Å². The van der Waals surface area contributed by atoms with Gasteiger partial charge in [-0.3, -0.25) is 0 Å². The number of nitrogens with zero attached hydrogens (tertiary/aromatic N) is 2. The van der Waals surface area contributed by atoms with Gasteiger partial charge in [-0.25, -0.2) is 4.98 Å². The molecule has 16 heavy (non-hydrogen) atoms. The summed E-state index contributed by atoms with van der Waals surface area (Å²) in [5.41, 5.74) is 10.0. The molecule has 1 heterocycles. The second kappa shape index (κ2) is 4.24. The molecule has 0 amide bonds. The molecule has 0 fully saturated rings. The standard InChI is InChI=1S/C8H7F3N4O/c9-8(10,11)16-6-4(1-12)3-15-7(14)5(6)2-13/h3H,2,13H2,(H2,14,15). The fraction of sp³-hybridized carbons (Fsp3) is 0.250. The monoisotopic (exact) mass is 232 g/mol. The van der Waals surface area contributed by atoms with Crippen molar-refractivity contribution < 1.29 is 17.9 Å². The third-order valence-electron chi connectivity index (χ3n) is 1.70. The second-order valence-corrected chi connectivity index (χ2v) is 2.73. The third-order valence-corrected chi connectivity index (χ3v) is 1.70. The van der Waals surface area contributed by atoms with Crippen molar-refractivity contribution in [1.82, 2.24) is 4.98 Å². The predicted molar refractivity (Wildman–Crippen MR) is 47.9 cm³/mol. The summed E-state index contributed by atoms with van der Waals surface area (Å²) in [6.07, 6.45) is -4.01. The number of alkyl halides is 3. The maximum Gasteiger partial charge on any atom is 0.573 e. The van der Waals surface area contributed by atoms with E-state index in [0.717, 1.165) is 6.20 Å². The minimum absolute atomic E-state index is 0.142. The van der Waals surface area contributed by atoms with Crippen LogP contribution in [0, 0.1) is 11.3 Å². The molecule has 86 valence electrons. The normalized spacial score (nSPS) is 10.9. The fourth-order valence-electron chi connectivity index (χ4n) is 1.06. The molecular weight excluding hydrogens is 225 g/mol. The van der Waals surface area contributed by atoms with Crippen LogP contribution in [0.5, 0.6) is 5.75 Å². The number of aromatic nitrogens is 1. The largest absolute Gasteiger partial charge is 0.573 e. The average Bonchev–Trinajstić information content (AvgIpc) is 2.16. The lowest BCUT2D eigenvalue weighted by atomic mass is 10.1. The van der Waals surface area contributed by atoms with E-state index in [4.69, 9.17) is 16.7 Å². The highest BCUT2D eigenvalue weighted by atomic mass is 19.4. The molecular formula is C8H7F3N4O. The van der Waals surface area contributed by atoms with Crippen molar-refractivity contribution in [3.05, 3.63) is 17.3 Å². The molecule has 0 saturated heterocycles. The van der Waals surface area contributed by atoms with Crippen LogP contribution in [0.25, 0.3) is 0 Å². The lowest BCUT2D eigenvalue weighted by Crippen LogP contribution is -2.20. The minimum atomic E-state index is -4.91. The number of nitrogen functional groups attached to an aromatic ring is 1. The van der Waals surface area contributed by atoms with Crippen molar-refractivity contribution in [3.8, 4) is 11.8 Å². The Morgan fingerprint density at radius 1 is 1.50 bits per heavy atom. The molecule has 0 saturated carbocycles. The zero-order valence-electron chi connectivity index (χ0n) is 7.88. The van der Waals surface area contributed by atoms with Crippen LogP contribution in [0.3, 0.4) is 0 Å². The van der Waals surface area contributed by atoms with Gasteiger partial charge >= 0.3 is 6.36 Å². The third kappa shape index (κ3) is 2.52. The van der Waals surface area contributed by atoms with Gasteiger partial charge in [-0.15, -0.1) is 13.2 Å². The maximum atomic E-state index is 12.1. The zero-order chi connectivity index (χ0) is 12.3. The molecule has 5 nitrogen and oxygen atoms in total. The van der Waals surface area contributed by atoms with Crippen molar-refractivity contribution in [2.45, 2.75) is 12.9 Å². The molecule has 0 aromatic carbocycles. The molecule has 4 N–H and O–H groups in total. The summed E-state index contributed by atoms with van der Waals surface area (Å²) in [7, 11) is 0. The van der Waals surface area contributed by atoms with Gasteiger partial charge in [0.1, 0.15) is 17.5 Å². The summed E-state index contributed by atoms with van der Waals surface area (Å²) in [6.45, 7) is -0.306. The van der Waals surface area contributed by atoms with Crippen LogP contribution < -0.4 is 16.2 Å². The molecule has 0 aliphatic heterocycles. The highest BCUT2D eigenvalue weighted by Crippen LogP contribution is 2.31. The Morgan fingerprint density at radius 3 is 2.56 bits per heavy atom. The molecule has 1 aromatic heterocycles. The van der Waals surface area contributed by atoms with Crippen LogP contribution in [0.15, 0.2) is 6.20 Å². The highest BCUT2D eigenvalue weighted by Gasteiger charge is 2.33. The van der Waals surface area contributed by atoms with E-state index in [-0.39, 0.29) is 23.5 Å². The number of nitriles is 1. The van der Waals surface area contributed by atoms with Crippen LogP contribution in [-0.2, 0) is 6.54 Å². The number of ether oxygens (including phenoxy) is 1. The first kappa shape index (κ1) is 12.1. The van der Waals surface area contributed by atoms with E-state index in [9.17, 15) is 13.2 Å². The first-order chi connectivity index (χ1) is 7.39. The zero-order valence-corrected chi connectivity index (χ0v) is 7.88. The number of anilines is 1. The van der Waals surface area contributed by atoms with E-state index < -0.39 is 12.1 Å². The Balaban J connectivity index is 3.32. The van der Waals surface area contributed by atoms with E-state index in [1.165, 1.54) is 6.07 Å². The van der Waals surface area contributed by atoms with Gasteiger partial charge in [-0.05, 0) is 0 Å². The number of hydrogen-bond acceptors (Lipinski definition) is 5. The first-order valence-electron chi connectivity index (χ1n) is 4.02. The highest BCUT2D eigenvalue weighted by molar-refractivity contribution is 5.56. The molecule has 0 aliphatic carbocycles. The summed E-state index contributed by atoms with van der Waals surface area (Å²) in [6, 6.07) is 1.52.